The van der Waals surface area contributed by atoms with Crippen LogP contribution in [-0.2, 0) is 4.79 Å². The predicted molar refractivity (Wildman–Crippen MR) is 60.0 cm³/mol. The third kappa shape index (κ3) is 2.03. The Hall–Kier alpha value is -1.89. The molecule has 0 bridgehead atoms. The summed E-state index contributed by atoms with van der Waals surface area (Å²) in [6.07, 6.45) is 5.69. The largest absolute Gasteiger partial charge is 0.362 e. The van der Waals surface area contributed by atoms with Crippen molar-refractivity contribution in [3.63, 3.8) is 0 Å². The van der Waals surface area contributed by atoms with E-state index in [1.165, 1.54) is 0 Å². The number of pyridine rings is 1. The molecule has 16 heavy (non-hydrogen) atoms. The molecule has 4 nitrogen and oxygen atoms in total. The van der Waals surface area contributed by atoms with Crippen LogP contribution in [0.25, 0.3) is 0 Å². The first-order valence-electron chi connectivity index (χ1n) is 5.43. The molecule has 0 aliphatic carbocycles. The summed E-state index contributed by atoms with van der Waals surface area (Å²) in [7, 11) is 0. The van der Waals surface area contributed by atoms with Gasteiger partial charge in [-0.25, -0.2) is 4.98 Å². The number of hydrogen-bond donors (Lipinski definition) is 0. The van der Waals surface area contributed by atoms with Crippen molar-refractivity contribution in [2.75, 3.05) is 11.4 Å². The van der Waals surface area contributed by atoms with E-state index in [-0.39, 0.29) is 6.04 Å². The Bertz CT molecular complexity index is 425. The third-order valence-electron chi connectivity index (χ3n) is 2.90. The van der Waals surface area contributed by atoms with E-state index in [0.717, 1.165) is 37.8 Å². The summed E-state index contributed by atoms with van der Waals surface area (Å²) in [5.74, 6) is 0. The lowest BCUT2D eigenvalue weighted by Crippen LogP contribution is -2.40. The van der Waals surface area contributed by atoms with Crippen molar-refractivity contribution in [1.29, 1.82) is 5.26 Å². The maximum Gasteiger partial charge on any atom is 0.142 e. The highest BCUT2D eigenvalue weighted by Crippen LogP contribution is 2.23. The average Bonchev–Trinajstić information content (AvgIpc) is 2.38. The molecular weight excluding hydrogens is 202 g/mol. The lowest BCUT2D eigenvalue weighted by atomic mass is 10.0. The molecule has 2 rings (SSSR count). The van der Waals surface area contributed by atoms with E-state index >= 15 is 0 Å². The van der Waals surface area contributed by atoms with Crippen LogP contribution in [-0.4, -0.2) is 23.9 Å². The molecule has 1 aromatic rings. The van der Waals surface area contributed by atoms with Crippen LogP contribution in [0.15, 0.2) is 18.3 Å². The Balaban J connectivity index is 2.27. The Morgan fingerprint density at radius 2 is 2.44 bits per heavy atom. The minimum absolute atomic E-state index is 0.0531. The molecule has 1 fully saturated rings. The molecule has 1 unspecified atom stereocenters. The summed E-state index contributed by atoms with van der Waals surface area (Å²) in [6, 6.07) is 5.55. The molecule has 0 radical (unpaired) electrons. The highest BCUT2D eigenvalue weighted by molar-refractivity contribution is 5.66. The molecule has 1 atom stereocenters. The zero-order chi connectivity index (χ0) is 11.4. The molecule has 82 valence electrons. The number of rotatable bonds is 2. The van der Waals surface area contributed by atoms with Crippen molar-refractivity contribution in [2.24, 2.45) is 0 Å². The fourth-order valence-corrected chi connectivity index (χ4v) is 2.08. The van der Waals surface area contributed by atoms with Gasteiger partial charge in [0.05, 0.1) is 6.04 Å². The summed E-state index contributed by atoms with van der Waals surface area (Å²) >= 11 is 0. The monoisotopic (exact) mass is 215 g/mol. The van der Waals surface area contributed by atoms with Crippen molar-refractivity contribution < 1.29 is 4.79 Å². The van der Waals surface area contributed by atoms with Crippen LogP contribution in [0.1, 0.15) is 25.0 Å². The van der Waals surface area contributed by atoms with Crippen LogP contribution in [0.5, 0.6) is 0 Å². The standard InChI is InChI=1S/C12H13N3O/c13-8-10-7-11(4-5-14-10)15-6-2-1-3-12(15)9-16/h4-5,7,9,12H,1-3,6H2. The SMILES string of the molecule is N#Cc1cc(N2CCCCC2C=O)ccn1. The van der Waals surface area contributed by atoms with Crippen molar-refractivity contribution in [3.05, 3.63) is 24.0 Å². The number of aldehydes is 1. The van der Waals surface area contributed by atoms with E-state index in [1.54, 1.807) is 12.3 Å². The fourth-order valence-electron chi connectivity index (χ4n) is 2.08. The number of nitrogens with zero attached hydrogens (tertiary/aromatic N) is 3. The van der Waals surface area contributed by atoms with E-state index in [9.17, 15) is 4.79 Å². The molecule has 0 aromatic carbocycles. The maximum absolute atomic E-state index is 11.0. The molecule has 1 saturated heterocycles. The maximum atomic E-state index is 11.0. The summed E-state index contributed by atoms with van der Waals surface area (Å²) in [4.78, 5) is 17.0. The lowest BCUT2D eigenvalue weighted by molar-refractivity contribution is -0.109. The molecule has 0 amide bonds. The first kappa shape index (κ1) is 10.6. The van der Waals surface area contributed by atoms with Gasteiger partial charge in [0.1, 0.15) is 18.0 Å². The van der Waals surface area contributed by atoms with Crippen molar-refractivity contribution in [1.82, 2.24) is 4.98 Å². The Kier molecular flexibility index (Phi) is 3.16. The Morgan fingerprint density at radius 3 is 3.19 bits per heavy atom. The molecule has 2 heterocycles. The van der Waals surface area contributed by atoms with Gasteiger partial charge in [-0.15, -0.1) is 0 Å². The van der Waals surface area contributed by atoms with E-state index in [0.29, 0.717) is 5.69 Å². The van der Waals surface area contributed by atoms with Gasteiger partial charge in [0.25, 0.3) is 0 Å². The quantitative estimate of drug-likeness (QED) is 0.702. The van der Waals surface area contributed by atoms with Crippen LogP contribution in [0.2, 0.25) is 0 Å². The molecule has 1 aromatic heterocycles. The summed E-state index contributed by atoms with van der Waals surface area (Å²) in [6.45, 7) is 0.873. The number of piperidine rings is 1. The van der Waals surface area contributed by atoms with Gasteiger partial charge >= 0.3 is 0 Å². The first-order chi connectivity index (χ1) is 7.85. The lowest BCUT2D eigenvalue weighted by Gasteiger charge is -2.34. The highest BCUT2D eigenvalue weighted by Gasteiger charge is 2.22. The van der Waals surface area contributed by atoms with Crippen molar-refractivity contribution in [3.8, 4) is 6.07 Å². The number of carbonyl (C=O) groups excluding carboxylic acids is 1. The van der Waals surface area contributed by atoms with Crippen LogP contribution >= 0.6 is 0 Å². The second kappa shape index (κ2) is 4.75. The molecule has 0 saturated carbocycles. The second-order valence-corrected chi connectivity index (χ2v) is 3.90. The number of hydrogen-bond acceptors (Lipinski definition) is 4. The first-order valence-corrected chi connectivity index (χ1v) is 5.43. The van der Waals surface area contributed by atoms with Gasteiger partial charge < -0.3 is 9.69 Å². The van der Waals surface area contributed by atoms with Gasteiger partial charge in [-0.3, -0.25) is 0 Å². The number of aromatic nitrogens is 1. The molecule has 0 spiro atoms. The average molecular weight is 215 g/mol. The minimum Gasteiger partial charge on any atom is -0.362 e. The number of carbonyl (C=O) groups is 1. The molecule has 1 aliphatic heterocycles. The van der Waals surface area contributed by atoms with Crippen LogP contribution in [0, 0.1) is 11.3 Å². The normalized spacial score (nSPS) is 20.2. The summed E-state index contributed by atoms with van der Waals surface area (Å²) in [5, 5.41) is 8.78. The van der Waals surface area contributed by atoms with Crippen molar-refractivity contribution >= 4 is 12.0 Å². The van der Waals surface area contributed by atoms with Gasteiger partial charge in [-0.05, 0) is 31.4 Å². The zero-order valence-corrected chi connectivity index (χ0v) is 8.97. The number of nitriles is 1. The van der Waals surface area contributed by atoms with E-state index in [4.69, 9.17) is 5.26 Å². The van der Waals surface area contributed by atoms with Gasteiger partial charge in [-0.1, -0.05) is 0 Å². The molecule has 4 heteroatoms. The van der Waals surface area contributed by atoms with E-state index < -0.39 is 0 Å². The zero-order valence-electron chi connectivity index (χ0n) is 8.97. The summed E-state index contributed by atoms with van der Waals surface area (Å²) in [5.41, 5.74) is 1.32. The highest BCUT2D eigenvalue weighted by atomic mass is 16.1. The summed E-state index contributed by atoms with van der Waals surface area (Å²) < 4.78 is 0. The van der Waals surface area contributed by atoms with E-state index in [1.807, 2.05) is 12.1 Å². The predicted octanol–water partition coefficient (Wildman–Crippen LogP) is 1.51. The van der Waals surface area contributed by atoms with E-state index in [2.05, 4.69) is 9.88 Å². The van der Waals surface area contributed by atoms with Crippen LogP contribution in [0.3, 0.4) is 0 Å². The van der Waals surface area contributed by atoms with Crippen molar-refractivity contribution in [2.45, 2.75) is 25.3 Å². The Labute approximate surface area is 94.5 Å². The van der Waals surface area contributed by atoms with Crippen LogP contribution < -0.4 is 4.90 Å². The van der Waals surface area contributed by atoms with Gasteiger partial charge in [0.2, 0.25) is 0 Å². The topological polar surface area (TPSA) is 57.0 Å². The molecule has 0 N–H and O–H groups in total. The van der Waals surface area contributed by atoms with Gasteiger partial charge in [0.15, 0.2) is 0 Å². The Morgan fingerprint density at radius 1 is 1.56 bits per heavy atom. The second-order valence-electron chi connectivity index (χ2n) is 3.90. The van der Waals surface area contributed by atoms with Gasteiger partial charge in [-0.2, -0.15) is 5.26 Å². The minimum atomic E-state index is -0.0531. The van der Waals surface area contributed by atoms with Crippen LogP contribution in [0.4, 0.5) is 5.69 Å². The van der Waals surface area contributed by atoms with Gasteiger partial charge in [0, 0.05) is 18.4 Å². The number of anilines is 1. The smallest absolute Gasteiger partial charge is 0.142 e. The molecule has 1 aliphatic rings. The third-order valence-corrected chi connectivity index (χ3v) is 2.90. The fraction of sp³-hybridized carbons (Fsp3) is 0.417. The molecular formula is C12H13N3O.